The summed E-state index contributed by atoms with van der Waals surface area (Å²) in [5.74, 6) is -1.54. The smallest absolute Gasteiger partial charge is 0.330 e. The molecule has 7 heteroatoms. The molecule has 0 aliphatic heterocycles. The molecule has 18 heavy (non-hydrogen) atoms. The highest BCUT2D eigenvalue weighted by molar-refractivity contribution is 5.87. The van der Waals surface area contributed by atoms with Gasteiger partial charge in [0.25, 0.3) is 5.69 Å². The fourth-order valence-corrected chi connectivity index (χ4v) is 1.31. The molecule has 1 unspecified atom stereocenters. The van der Waals surface area contributed by atoms with E-state index in [0.29, 0.717) is 5.56 Å². The molecule has 0 saturated heterocycles. The number of ether oxygens (including phenoxy) is 1. The minimum atomic E-state index is -0.977. The molecule has 1 aromatic carbocycles. The topological polar surface area (TPSA) is 113 Å². The predicted octanol–water partition coefficient (Wildman–Crippen LogP) is 0.554. The van der Waals surface area contributed by atoms with Gasteiger partial charge in [-0.15, -0.1) is 0 Å². The third-order valence-corrected chi connectivity index (χ3v) is 2.15. The molecular weight excluding hydrogens is 240 g/mol. The second-order valence-electron chi connectivity index (χ2n) is 3.65. The molecule has 7 nitrogen and oxygen atoms in total. The largest absolute Gasteiger partial charge is 0.392 e. The molecule has 96 valence electrons. The summed E-state index contributed by atoms with van der Waals surface area (Å²) in [5, 5.41) is 10.4. The van der Waals surface area contributed by atoms with Crippen LogP contribution in [-0.4, -0.2) is 22.9 Å². The Bertz CT molecular complexity index is 469. The zero-order chi connectivity index (χ0) is 13.7. The SMILES string of the molecule is CC(=O)OC(=O)C(N)Cc1ccc([N+](=O)[O-])cc1. The zero-order valence-corrected chi connectivity index (χ0v) is 9.66. The summed E-state index contributed by atoms with van der Waals surface area (Å²) in [6.45, 7) is 1.11. The lowest BCUT2D eigenvalue weighted by Gasteiger charge is -2.09. The van der Waals surface area contributed by atoms with Crippen LogP contribution in [0.15, 0.2) is 24.3 Å². The average Bonchev–Trinajstić information content (AvgIpc) is 2.28. The molecule has 1 aromatic rings. The number of carbonyl (C=O) groups excluding carboxylic acids is 2. The second kappa shape index (κ2) is 5.87. The molecule has 0 bridgehead atoms. The van der Waals surface area contributed by atoms with E-state index in [1.54, 1.807) is 0 Å². The molecular formula is C11H12N2O5. The van der Waals surface area contributed by atoms with E-state index in [1.165, 1.54) is 24.3 Å². The maximum absolute atomic E-state index is 11.3. The molecule has 0 aliphatic carbocycles. The van der Waals surface area contributed by atoms with Gasteiger partial charge in [0, 0.05) is 19.1 Å². The molecule has 0 fully saturated rings. The molecule has 0 radical (unpaired) electrons. The number of nitrogens with two attached hydrogens (primary N) is 1. The van der Waals surface area contributed by atoms with E-state index in [1.807, 2.05) is 0 Å². The second-order valence-corrected chi connectivity index (χ2v) is 3.65. The lowest BCUT2D eigenvalue weighted by atomic mass is 10.1. The van der Waals surface area contributed by atoms with Gasteiger partial charge in [0.1, 0.15) is 6.04 Å². The van der Waals surface area contributed by atoms with Crippen molar-refractivity contribution in [2.45, 2.75) is 19.4 Å². The van der Waals surface area contributed by atoms with Gasteiger partial charge in [-0.1, -0.05) is 12.1 Å². The van der Waals surface area contributed by atoms with Gasteiger partial charge in [-0.25, -0.2) is 4.79 Å². The van der Waals surface area contributed by atoms with E-state index in [0.717, 1.165) is 6.92 Å². The number of nitro benzene ring substituents is 1. The number of hydrogen-bond donors (Lipinski definition) is 1. The number of carbonyl (C=O) groups is 2. The van der Waals surface area contributed by atoms with Crippen LogP contribution in [0.3, 0.4) is 0 Å². The highest BCUT2D eigenvalue weighted by Crippen LogP contribution is 2.13. The van der Waals surface area contributed by atoms with E-state index >= 15 is 0 Å². The lowest BCUT2D eigenvalue weighted by molar-refractivity contribution is -0.384. The Morgan fingerprint density at radius 3 is 2.39 bits per heavy atom. The number of nitro groups is 1. The number of benzene rings is 1. The van der Waals surface area contributed by atoms with Gasteiger partial charge in [-0.05, 0) is 12.0 Å². The van der Waals surface area contributed by atoms with Gasteiger partial charge in [0.15, 0.2) is 0 Å². The van der Waals surface area contributed by atoms with E-state index in [9.17, 15) is 19.7 Å². The van der Waals surface area contributed by atoms with Crippen LogP contribution in [-0.2, 0) is 20.7 Å². The fraction of sp³-hybridized carbons (Fsp3) is 0.273. The van der Waals surface area contributed by atoms with Crippen LogP contribution in [0.5, 0.6) is 0 Å². The first-order valence-electron chi connectivity index (χ1n) is 5.11. The third kappa shape index (κ3) is 3.95. The average molecular weight is 252 g/mol. The highest BCUT2D eigenvalue weighted by atomic mass is 16.6. The van der Waals surface area contributed by atoms with Crippen LogP contribution in [0.4, 0.5) is 5.69 Å². The normalized spacial score (nSPS) is 11.7. The van der Waals surface area contributed by atoms with E-state index in [-0.39, 0.29) is 12.1 Å². The minimum Gasteiger partial charge on any atom is -0.392 e. The Balaban J connectivity index is 2.64. The van der Waals surface area contributed by atoms with E-state index in [2.05, 4.69) is 4.74 Å². The summed E-state index contributed by atoms with van der Waals surface area (Å²) in [6, 6.07) is 4.66. The maximum atomic E-state index is 11.3. The summed E-state index contributed by atoms with van der Waals surface area (Å²) in [5.41, 5.74) is 6.14. The molecule has 0 saturated carbocycles. The van der Waals surface area contributed by atoms with Crippen LogP contribution in [0.25, 0.3) is 0 Å². The van der Waals surface area contributed by atoms with Gasteiger partial charge in [-0.3, -0.25) is 14.9 Å². The van der Waals surface area contributed by atoms with Crippen LogP contribution in [0.2, 0.25) is 0 Å². The summed E-state index contributed by atoms with van der Waals surface area (Å²) >= 11 is 0. The lowest BCUT2D eigenvalue weighted by Crippen LogP contribution is -2.35. The van der Waals surface area contributed by atoms with Gasteiger partial charge < -0.3 is 10.5 Å². The van der Waals surface area contributed by atoms with Crippen molar-refractivity contribution >= 4 is 17.6 Å². The van der Waals surface area contributed by atoms with Crippen LogP contribution >= 0.6 is 0 Å². The number of non-ortho nitro benzene ring substituents is 1. The summed E-state index contributed by atoms with van der Waals surface area (Å²) in [4.78, 5) is 31.7. The van der Waals surface area contributed by atoms with E-state index < -0.39 is 22.9 Å². The zero-order valence-electron chi connectivity index (χ0n) is 9.66. The number of esters is 2. The first kappa shape index (κ1) is 13.8. The Kier molecular flexibility index (Phi) is 4.50. The molecule has 0 amide bonds. The van der Waals surface area contributed by atoms with Gasteiger partial charge in [0.05, 0.1) is 4.92 Å². The highest BCUT2D eigenvalue weighted by Gasteiger charge is 2.17. The fourth-order valence-electron chi connectivity index (χ4n) is 1.31. The quantitative estimate of drug-likeness (QED) is 0.362. The molecule has 0 aliphatic rings. The number of nitrogens with zero attached hydrogens (tertiary/aromatic N) is 1. The van der Waals surface area contributed by atoms with Crippen molar-refractivity contribution in [3.63, 3.8) is 0 Å². The maximum Gasteiger partial charge on any atom is 0.330 e. The monoisotopic (exact) mass is 252 g/mol. The van der Waals surface area contributed by atoms with Crippen molar-refractivity contribution in [3.8, 4) is 0 Å². The Hall–Kier alpha value is -2.28. The summed E-state index contributed by atoms with van der Waals surface area (Å²) in [7, 11) is 0. The van der Waals surface area contributed by atoms with Crippen LogP contribution < -0.4 is 5.73 Å². The van der Waals surface area contributed by atoms with Gasteiger partial charge in [0.2, 0.25) is 0 Å². The molecule has 1 atom stereocenters. The van der Waals surface area contributed by atoms with Crippen LogP contribution in [0, 0.1) is 10.1 Å². The minimum absolute atomic E-state index is 0.0429. The van der Waals surface area contributed by atoms with Gasteiger partial charge in [-0.2, -0.15) is 0 Å². The first-order chi connectivity index (χ1) is 8.40. The van der Waals surface area contributed by atoms with Crippen molar-refractivity contribution in [2.24, 2.45) is 5.73 Å². The molecule has 0 aromatic heterocycles. The first-order valence-corrected chi connectivity index (χ1v) is 5.11. The van der Waals surface area contributed by atoms with E-state index in [4.69, 9.17) is 5.73 Å². The summed E-state index contributed by atoms with van der Waals surface area (Å²) in [6.07, 6.45) is 0.143. The Morgan fingerprint density at radius 1 is 1.39 bits per heavy atom. The summed E-state index contributed by atoms with van der Waals surface area (Å²) < 4.78 is 4.34. The number of rotatable bonds is 4. The van der Waals surface area contributed by atoms with Crippen molar-refractivity contribution in [2.75, 3.05) is 0 Å². The molecule has 0 spiro atoms. The third-order valence-electron chi connectivity index (χ3n) is 2.15. The van der Waals surface area contributed by atoms with Crippen molar-refractivity contribution in [3.05, 3.63) is 39.9 Å². The molecule has 0 heterocycles. The predicted molar refractivity (Wildman–Crippen MR) is 61.5 cm³/mol. The number of hydrogen-bond acceptors (Lipinski definition) is 6. The van der Waals surface area contributed by atoms with Gasteiger partial charge >= 0.3 is 11.9 Å². The van der Waals surface area contributed by atoms with Crippen molar-refractivity contribution in [1.82, 2.24) is 0 Å². The molecule has 2 N–H and O–H groups in total. The Labute approximate surface area is 103 Å². The van der Waals surface area contributed by atoms with Crippen LogP contribution in [0.1, 0.15) is 12.5 Å². The van der Waals surface area contributed by atoms with Crippen molar-refractivity contribution in [1.29, 1.82) is 0 Å². The molecule has 1 rings (SSSR count). The standard InChI is InChI=1S/C11H12N2O5/c1-7(14)18-11(15)10(12)6-8-2-4-9(5-3-8)13(16)17/h2-5,10H,6,12H2,1H3. The Morgan fingerprint density at radius 2 is 1.94 bits per heavy atom. The van der Waals surface area contributed by atoms with Crippen molar-refractivity contribution < 1.29 is 19.2 Å².